The van der Waals surface area contributed by atoms with Crippen molar-refractivity contribution in [1.82, 2.24) is 5.32 Å². The highest BCUT2D eigenvalue weighted by molar-refractivity contribution is 6.30. The Kier molecular flexibility index (Phi) is 10.3. The number of carbonyl (C=O) groups is 1. The van der Waals surface area contributed by atoms with Crippen LogP contribution < -0.4 is 15.8 Å². The molecule has 1 amide bonds. The molecule has 2 saturated heterocycles. The minimum atomic E-state index is -1.49. The smallest absolute Gasteiger partial charge is 0.247 e. The molecule has 0 unspecified atom stereocenters. The number of benzene rings is 2. The van der Waals surface area contributed by atoms with Crippen molar-refractivity contribution < 1.29 is 54.1 Å². The van der Waals surface area contributed by atoms with Gasteiger partial charge in [0.05, 0.1) is 17.8 Å². The Bertz CT molecular complexity index is 1440. The van der Waals surface area contributed by atoms with Gasteiger partial charge in [-0.1, -0.05) is 35.0 Å². The Morgan fingerprint density at radius 3 is 2.51 bits per heavy atom. The van der Waals surface area contributed by atoms with Gasteiger partial charge in [-0.3, -0.25) is 4.79 Å². The lowest BCUT2D eigenvalue weighted by atomic mass is 9.83. The highest BCUT2D eigenvalue weighted by Gasteiger charge is 2.53. The Morgan fingerprint density at radius 2 is 1.80 bits per heavy atom. The molecule has 0 spiro atoms. The normalized spacial score (nSPS) is 33.5. The fraction of sp³-hybridized carbons (Fsp3) is 0.467. The number of phenols is 1. The van der Waals surface area contributed by atoms with Crippen molar-refractivity contribution in [3.05, 3.63) is 64.2 Å². The molecule has 2 heterocycles. The van der Waals surface area contributed by atoms with Crippen LogP contribution in [0.15, 0.2) is 53.2 Å². The van der Waals surface area contributed by atoms with Gasteiger partial charge >= 0.3 is 0 Å². The molecule has 15 heteroatoms. The van der Waals surface area contributed by atoms with Crippen molar-refractivity contribution in [3.63, 3.8) is 0 Å². The van der Waals surface area contributed by atoms with Gasteiger partial charge in [0.25, 0.3) is 0 Å². The highest BCUT2D eigenvalue weighted by atomic mass is 35.5. The number of oxime groups is 1. The van der Waals surface area contributed by atoms with Gasteiger partial charge < -0.3 is 60.4 Å². The van der Waals surface area contributed by atoms with E-state index >= 15 is 0 Å². The average Bonchev–Trinajstić information content (AvgIpc) is 3.61. The zero-order valence-corrected chi connectivity index (χ0v) is 25.2. The number of phenolic OH excluding ortho intramolecular Hbond substituents is 1. The van der Waals surface area contributed by atoms with E-state index in [0.717, 1.165) is 5.56 Å². The number of nitrogens with two attached hydrogens (primary N) is 1. The molecule has 45 heavy (non-hydrogen) atoms. The third-order valence-electron chi connectivity index (χ3n) is 7.91. The summed E-state index contributed by atoms with van der Waals surface area (Å²) in [5.41, 5.74) is 7.89. The number of aromatic hydroxyl groups is 1. The highest BCUT2D eigenvalue weighted by Crippen LogP contribution is 2.33. The fourth-order valence-corrected chi connectivity index (χ4v) is 5.62. The number of rotatable bonds is 9. The van der Waals surface area contributed by atoms with Crippen LogP contribution in [0, 0.1) is 0 Å². The standard InChI is InChI=1S/C30H36ClN3O11/c1-13(29(40)33-21-23(37)25(39)28-27(24(21)38)41-12-42-28)8-15-6-7-19(18(35)10-15)44-30-20(32)22(36)26(45-30)14(2)34-43-11-16-4-3-5-17(31)9-16/h3-10,20-28,30,35-39H,11-12,32H2,1-2H3,(H,33,40)/t20-,21+,22-,23-,24+,25+,26+,27-,28+,30+/m0/s1. The van der Waals surface area contributed by atoms with Gasteiger partial charge in [-0.15, -0.1) is 0 Å². The third-order valence-corrected chi connectivity index (χ3v) is 8.14. The van der Waals surface area contributed by atoms with Crippen LogP contribution in [0.5, 0.6) is 11.5 Å². The van der Waals surface area contributed by atoms with Crippen molar-refractivity contribution in [3.8, 4) is 11.5 Å². The van der Waals surface area contributed by atoms with Gasteiger partial charge in [0, 0.05) is 10.6 Å². The van der Waals surface area contributed by atoms with Gasteiger partial charge in [0.15, 0.2) is 11.5 Å². The first kappa shape index (κ1) is 33.1. The SMILES string of the molecule is CC(=Cc1ccc(O[C@@H]2O[C@H](C(C)=NOCc3cccc(Cl)c3)[C@@H](O)[C@@H]2N)c(O)c1)C(=O)N[C@@H]1[C@H](O)[C@@H](O)[C@H]2OCO[C@H]2[C@@H]1O. The lowest BCUT2D eigenvalue weighted by Gasteiger charge is -2.41. The maximum absolute atomic E-state index is 12.9. The third kappa shape index (κ3) is 7.25. The summed E-state index contributed by atoms with van der Waals surface area (Å²) in [5, 5.41) is 59.8. The van der Waals surface area contributed by atoms with Crippen molar-refractivity contribution in [2.24, 2.45) is 10.9 Å². The Morgan fingerprint density at radius 1 is 1.07 bits per heavy atom. The number of aliphatic hydroxyl groups excluding tert-OH is 4. The summed E-state index contributed by atoms with van der Waals surface area (Å²) in [7, 11) is 0. The van der Waals surface area contributed by atoms with Gasteiger partial charge in [-0.25, -0.2) is 0 Å². The predicted octanol–water partition coefficient (Wildman–Crippen LogP) is 0.156. The molecule has 5 rings (SSSR count). The number of fused-ring (bicyclic) bond motifs is 1. The van der Waals surface area contributed by atoms with Crippen LogP contribution in [0.1, 0.15) is 25.0 Å². The first-order valence-corrected chi connectivity index (χ1v) is 14.6. The molecule has 10 atom stereocenters. The first-order valence-electron chi connectivity index (χ1n) is 14.2. The van der Waals surface area contributed by atoms with E-state index in [4.69, 9.17) is 41.1 Å². The molecule has 2 aliphatic heterocycles. The lowest BCUT2D eigenvalue weighted by molar-refractivity contribution is -0.155. The molecule has 0 aromatic heterocycles. The summed E-state index contributed by atoms with van der Waals surface area (Å²) in [6.45, 7) is 3.13. The summed E-state index contributed by atoms with van der Waals surface area (Å²) in [5.74, 6) is -0.891. The van der Waals surface area contributed by atoms with E-state index in [2.05, 4.69) is 10.5 Å². The van der Waals surface area contributed by atoms with E-state index < -0.39 is 67.0 Å². The molecule has 0 bridgehead atoms. The van der Waals surface area contributed by atoms with Crippen molar-refractivity contribution >= 4 is 29.3 Å². The number of aliphatic hydroxyl groups is 4. The number of carbonyl (C=O) groups excluding carboxylic acids is 1. The van der Waals surface area contributed by atoms with Crippen LogP contribution in [0.4, 0.5) is 0 Å². The lowest BCUT2D eigenvalue weighted by Crippen LogP contribution is -2.67. The molecule has 3 fully saturated rings. The largest absolute Gasteiger partial charge is 0.504 e. The summed E-state index contributed by atoms with van der Waals surface area (Å²) >= 11 is 5.98. The number of amides is 1. The summed E-state index contributed by atoms with van der Waals surface area (Å²) in [6.07, 6.45) is -7.71. The van der Waals surface area contributed by atoms with E-state index in [0.29, 0.717) is 16.3 Å². The van der Waals surface area contributed by atoms with Crippen LogP contribution in [0.2, 0.25) is 5.02 Å². The zero-order valence-electron chi connectivity index (χ0n) is 24.4. The zero-order chi connectivity index (χ0) is 32.4. The van der Waals surface area contributed by atoms with Gasteiger partial charge in [-0.2, -0.15) is 0 Å². The number of halogens is 1. The molecule has 2 aromatic carbocycles. The topological polar surface area (TPSA) is 215 Å². The minimum Gasteiger partial charge on any atom is -0.504 e. The first-order chi connectivity index (χ1) is 21.4. The Balaban J connectivity index is 1.18. The van der Waals surface area contributed by atoms with Crippen LogP contribution >= 0.6 is 11.6 Å². The summed E-state index contributed by atoms with van der Waals surface area (Å²) < 4.78 is 22.1. The molecule has 8 N–H and O–H groups in total. The van der Waals surface area contributed by atoms with E-state index in [1.807, 2.05) is 6.07 Å². The minimum absolute atomic E-state index is 0.0186. The Labute approximate surface area is 263 Å². The van der Waals surface area contributed by atoms with Gasteiger partial charge in [-0.05, 0) is 55.3 Å². The molecule has 0 radical (unpaired) electrons. The number of hydrogen-bond acceptors (Lipinski definition) is 13. The molecule has 244 valence electrons. The molecule has 1 aliphatic carbocycles. The summed E-state index contributed by atoms with van der Waals surface area (Å²) in [4.78, 5) is 18.2. The van der Waals surface area contributed by atoms with Crippen molar-refractivity contribution in [2.45, 2.75) is 81.6 Å². The molecule has 1 saturated carbocycles. The van der Waals surface area contributed by atoms with Crippen LogP contribution in [-0.4, -0.2) is 105 Å². The van der Waals surface area contributed by atoms with E-state index in [-0.39, 0.29) is 30.5 Å². The second kappa shape index (κ2) is 14.0. The van der Waals surface area contributed by atoms with Crippen LogP contribution in [0.25, 0.3) is 6.08 Å². The maximum Gasteiger partial charge on any atom is 0.247 e. The average molecular weight is 650 g/mol. The van der Waals surface area contributed by atoms with Crippen molar-refractivity contribution in [2.75, 3.05) is 6.79 Å². The monoisotopic (exact) mass is 649 g/mol. The van der Waals surface area contributed by atoms with Crippen LogP contribution in [0.3, 0.4) is 0 Å². The maximum atomic E-state index is 12.9. The van der Waals surface area contributed by atoms with Crippen molar-refractivity contribution in [1.29, 1.82) is 0 Å². The van der Waals surface area contributed by atoms with Gasteiger partial charge in [0.1, 0.15) is 56.1 Å². The molecule has 2 aromatic rings. The second-order valence-electron chi connectivity index (χ2n) is 11.2. The Hall–Kier alpha value is -3.31. The number of nitrogens with one attached hydrogen (secondary N) is 1. The van der Waals surface area contributed by atoms with Crippen LogP contribution in [-0.2, 0) is 30.4 Å². The second-order valence-corrected chi connectivity index (χ2v) is 11.6. The molecular weight excluding hydrogens is 614 g/mol. The van der Waals surface area contributed by atoms with E-state index in [9.17, 15) is 30.3 Å². The number of nitrogens with zero attached hydrogens (tertiary/aromatic N) is 1. The number of ether oxygens (including phenoxy) is 4. The summed E-state index contributed by atoms with van der Waals surface area (Å²) in [6, 6.07) is 9.28. The fourth-order valence-electron chi connectivity index (χ4n) is 5.40. The van der Waals surface area contributed by atoms with E-state index in [1.165, 1.54) is 25.1 Å². The quantitative estimate of drug-likeness (QED) is 0.110. The van der Waals surface area contributed by atoms with E-state index in [1.54, 1.807) is 31.2 Å². The predicted molar refractivity (Wildman–Crippen MR) is 159 cm³/mol. The molecule has 14 nitrogen and oxygen atoms in total. The molecular formula is C30H36ClN3O11. The molecule has 3 aliphatic rings. The number of hydrogen-bond donors (Lipinski definition) is 7. The van der Waals surface area contributed by atoms with Gasteiger partial charge in [0.2, 0.25) is 12.2 Å².